The quantitative estimate of drug-likeness (QED) is 0.815. The van der Waals surface area contributed by atoms with Crippen LogP contribution in [0.3, 0.4) is 0 Å². The number of amides is 1. The first kappa shape index (κ1) is 14.7. The number of nitrogens with one attached hydrogen (secondary N) is 1. The van der Waals surface area contributed by atoms with E-state index in [2.05, 4.69) is 4.98 Å². The summed E-state index contributed by atoms with van der Waals surface area (Å²) >= 11 is 0. The highest BCUT2D eigenvalue weighted by Gasteiger charge is 2.28. The van der Waals surface area contributed by atoms with Gasteiger partial charge >= 0.3 is 12.1 Å². The molecule has 0 aromatic carbocycles. The molecule has 0 aliphatic carbocycles. The number of carbonyl (C=O) groups is 2. The molecular weight excluding hydrogens is 265 g/mol. The van der Waals surface area contributed by atoms with Crippen LogP contribution < -0.4 is 5.32 Å². The molecule has 0 radical (unpaired) electrons. The van der Waals surface area contributed by atoms with Crippen molar-refractivity contribution < 1.29 is 27.9 Å². The Hall–Kier alpha value is -2.38. The van der Waals surface area contributed by atoms with Gasteiger partial charge in [0.15, 0.2) is 0 Å². The molecule has 102 valence electrons. The zero-order valence-corrected chi connectivity index (χ0v) is 9.44. The van der Waals surface area contributed by atoms with E-state index in [0.29, 0.717) is 5.56 Å². The third kappa shape index (κ3) is 5.66. The van der Waals surface area contributed by atoms with Gasteiger partial charge in [0.2, 0.25) is 0 Å². The molecule has 1 amide bonds. The SMILES string of the molecule is O=C(O)C=Cc1ccc(C(=O)NCC(F)(F)F)nc1. The Bertz CT molecular complexity index is 495. The smallest absolute Gasteiger partial charge is 0.405 e. The molecule has 5 nitrogen and oxygen atoms in total. The number of alkyl halides is 3. The molecule has 0 bridgehead atoms. The molecule has 0 aliphatic rings. The Morgan fingerprint density at radius 2 is 2.05 bits per heavy atom. The second kappa shape index (κ2) is 5.98. The molecular formula is C11H9F3N2O3. The summed E-state index contributed by atoms with van der Waals surface area (Å²) in [6, 6.07) is 2.57. The van der Waals surface area contributed by atoms with Crippen LogP contribution in [0.15, 0.2) is 24.4 Å². The van der Waals surface area contributed by atoms with Crippen molar-refractivity contribution in [2.75, 3.05) is 6.54 Å². The van der Waals surface area contributed by atoms with E-state index in [9.17, 15) is 22.8 Å². The lowest BCUT2D eigenvalue weighted by Crippen LogP contribution is -2.34. The minimum Gasteiger partial charge on any atom is -0.478 e. The number of carboxylic acids is 1. The highest BCUT2D eigenvalue weighted by molar-refractivity contribution is 5.92. The van der Waals surface area contributed by atoms with Gasteiger partial charge in [-0.25, -0.2) is 4.79 Å². The minimum atomic E-state index is -4.49. The van der Waals surface area contributed by atoms with E-state index in [0.717, 1.165) is 6.08 Å². The molecule has 0 aliphatic heterocycles. The summed E-state index contributed by atoms with van der Waals surface area (Å²) in [4.78, 5) is 25.2. The molecule has 8 heteroatoms. The maximum absolute atomic E-state index is 11.9. The van der Waals surface area contributed by atoms with Gasteiger partial charge in [0, 0.05) is 12.3 Å². The largest absolute Gasteiger partial charge is 0.478 e. The number of aliphatic carboxylic acids is 1. The minimum absolute atomic E-state index is 0.184. The summed E-state index contributed by atoms with van der Waals surface area (Å²) in [6.45, 7) is -1.44. The molecule has 0 saturated heterocycles. The molecule has 19 heavy (non-hydrogen) atoms. The second-order valence-corrected chi connectivity index (χ2v) is 3.45. The van der Waals surface area contributed by atoms with Crippen LogP contribution in [0.1, 0.15) is 16.1 Å². The summed E-state index contributed by atoms with van der Waals surface area (Å²) < 4.78 is 35.6. The van der Waals surface area contributed by atoms with Crippen LogP contribution in [0.2, 0.25) is 0 Å². The number of aromatic nitrogens is 1. The van der Waals surface area contributed by atoms with Crippen LogP contribution >= 0.6 is 0 Å². The van der Waals surface area contributed by atoms with Crippen molar-refractivity contribution in [2.24, 2.45) is 0 Å². The van der Waals surface area contributed by atoms with Gasteiger partial charge in [-0.3, -0.25) is 9.78 Å². The average molecular weight is 274 g/mol. The van der Waals surface area contributed by atoms with Crippen molar-refractivity contribution in [3.05, 3.63) is 35.7 Å². The normalized spacial score (nSPS) is 11.5. The van der Waals surface area contributed by atoms with Gasteiger partial charge in [-0.05, 0) is 17.7 Å². The zero-order chi connectivity index (χ0) is 14.5. The third-order valence-corrected chi connectivity index (χ3v) is 1.89. The van der Waals surface area contributed by atoms with Gasteiger partial charge in [0.1, 0.15) is 12.2 Å². The Labute approximate surface area is 105 Å². The van der Waals surface area contributed by atoms with Gasteiger partial charge in [-0.15, -0.1) is 0 Å². The van der Waals surface area contributed by atoms with E-state index in [1.807, 2.05) is 0 Å². The number of carbonyl (C=O) groups excluding carboxylic acids is 1. The number of hydrogen-bond acceptors (Lipinski definition) is 3. The molecule has 1 aromatic heterocycles. The summed E-state index contributed by atoms with van der Waals surface area (Å²) in [6.07, 6.45) is -1.19. The monoisotopic (exact) mass is 274 g/mol. The molecule has 1 aromatic rings. The van der Waals surface area contributed by atoms with E-state index in [-0.39, 0.29) is 5.69 Å². The number of nitrogens with zero attached hydrogens (tertiary/aromatic N) is 1. The Morgan fingerprint density at radius 1 is 1.37 bits per heavy atom. The van der Waals surface area contributed by atoms with E-state index < -0.39 is 24.6 Å². The molecule has 0 fully saturated rings. The molecule has 0 unspecified atom stereocenters. The van der Waals surface area contributed by atoms with Crippen molar-refractivity contribution in [3.63, 3.8) is 0 Å². The second-order valence-electron chi connectivity index (χ2n) is 3.45. The fourth-order valence-corrected chi connectivity index (χ4v) is 1.08. The van der Waals surface area contributed by atoms with Crippen LogP contribution in [-0.4, -0.2) is 34.7 Å². The molecule has 1 rings (SSSR count). The number of halogens is 3. The number of hydrogen-bond donors (Lipinski definition) is 2. The first-order valence-corrected chi connectivity index (χ1v) is 5.00. The lowest BCUT2D eigenvalue weighted by atomic mass is 10.2. The molecule has 0 atom stereocenters. The first-order valence-electron chi connectivity index (χ1n) is 5.00. The Kier molecular flexibility index (Phi) is 4.62. The summed E-state index contributed by atoms with van der Waals surface area (Å²) in [5.41, 5.74) is 0.228. The predicted octanol–water partition coefficient (Wildman–Crippen LogP) is 1.47. The maximum atomic E-state index is 11.9. The summed E-state index contributed by atoms with van der Waals surface area (Å²) in [7, 11) is 0. The van der Waals surface area contributed by atoms with Crippen molar-refractivity contribution in [2.45, 2.75) is 6.18 Å². The Balaban J connectivity index is 2.66. The van der Waals surface area contributed by atoms with E-state index >= 15 is 0 Å². The predicted molar refractivity (Wildman–Crippen MR) is 59.3 cm³/mol. The first-order chi connectivity index (χ1) is 8.78. The van der Waals surface area contributed by atoms with Crippen LogP contribution in [-0.2, 0) is 4.79 Å². The number of rotatable bonds is 4. The van der Waals surface area contributed by atoms with Crippen molar-refractivity contribution in [3.8, 4) is 0 Å². The van der Waals surface area contributed by atoms with E-state index in [4.69, 9.17) is 5.11 Å². The average Bonchev–Trinajstić information content (AvgIpc) is 2.33. The van der Waals surface area contributed by atoms with Gasteiger partial charge in [0.25, 0.3) is 5.91 Å². The summed E-state index contributed by atoms with van der Waals surface area (Å²) in [5, 5.41) is 10.1. The van der Waals surface area contributed by atoms with Crippen molar-refractivity contribution >= 4 is 18.0 Å². The lowest BCUT2D eigenvalue weighted by molar-refractivity contribution is -0.131. The van der Waals surface area contributed by atoms with Crippen molar-refractivity contribution in [1.29, 1.82) is 0 Å². The van der Waals surface area contributed by atoms with Gasteiger partial charge in [0.05, 0.1) is 0 Å². The molecule has 1 heterocycles. The van der Waals surface area contributed by atoms with Crippen molar-refractivity contribution in [1.82, 2.24) is 10.3 Å². The third-order valence-electron chi connectivity index (χ3n) is 1.89. The highest BCUT2D eigenvalue weighted by atomic mass is 19.4. The molecule has 0 spiro atoms. The Morgan fingerprint density at radius 3 is 2.53 bits per heavy atom. The van der Waals surface area contributed by atoms with Crippen LogP contribution in [0.25, 0.3) is 6.08 Å². The van der Waals surface area contributed by atoms with Gasteiger partial charge in [-0.1, -0.05) is 6.07 Å². The van der Waals surface area contributed by atoms with E-state index in [1.165, 1.54) is 24.4 Å². The van der Waals surface area contributed by atoms with E-state index in [1.54, 1.807) is 5.32 Å². The maximum Gasteiger partial charge on any atom is 0.405 e. The number of carboxylic acid groups (broad SMARTS) is 1. The van der Waals surface area contributed by atoms with Gasteiger partial charge < -0.3 is 10.4 Å². The van der Waals surface area contributed by atoms with Gasteiger partial charge in [-0.2, -0.15) is 13.2 Å². The van der Waals surface area contributed by atoms with Crippen LogP contribution in [0.5, 0.6) is 0 Å². The highest BCUT2D eigenvalue weighted by Crippen LogP contribution is 2.12. The fourth-order valence-electron chi connectivity index (χ4n) is 1.08. The molecule has 2 N–H and O–H groups in total. The van der Waals surface area contributed by atoms with Crippen LogP contribution in [0.4, 0.5) is 13.2 Å². The summed E-state index contributed by atoms with van der Waals surface area (Å²) in [5.74, 6) is -2.10. The number of pyridine rings is 1. The topological polar surface area (TPSA) is 79.3 Å². The molecule has 0 saturated carbocycles. The van der Waals surface area contributed by atoms with Crippen LogP contribution in [0, 0.1) is 0 Å². The lowest BCUT2D eigenvalue weighted by Gasteiger charge is -2.07. The fraction of sp³-hybridized carbons (Fsp3) is 0.182. The standard InChI is InChI=1S/C11H9F3N2O3/c12-11(13,14)6-16-10(19)8-3-1-7(5-15-8)2-4-9(17)18/h1-5H,6H2,(H,16,19)(H,17,18). The zero-order valence-electron chi connectivity index (χ0n) is 9.44.